The van der Waals surface area contributed by atoms with E-state index < -0.39 is 0 Å². The maximum Gasteiger partial charge on any atom is 0.270 e. The zero-order valence-corrected chi connectivity index (χ0v) is 15.1. The van der Waals surface area contributed by atoms with Crippen LogP contribution in [0, 0.1) is 0 Å². The lowest BCUT2D eigenvalue weighted by Gasteiger charge is -2.22. The molecule has 1 aromatic carbocycles. The standard InChI is InChI=1S/C21H25N3O2/c1-15(16-8-4-2-5-9-16)23-20(25)17-12-13-22-19(14-17)21(26)24-18-10-6-3-7-11-18/h2,4-5,8-9,12-15,18H,3,6-7,10-11H2,1H3,(H,23,25)(H,24,26). The molecule has 1 atom stereocenters. The summed E-state index contributed by atoms with van der Waals surface area (Å²) in [7, 11) is 0. The maximum atomic E-state index is 12.5. The predicted octanol–water partition coefficient (Wildman–Crippen LogP) is 3.64. The first-order valence-corrected chi connectivity index (χ1v) is 9.26. The smallest absolute Gasteiger partial charge is 0.270 e. The second-order valence-corrected chi connectivity index (χ2v) is 6.84. The van der Waals surface area contributed by atoms with Gasteiger partial charge in [0.1, 0.15) is 5.69 Å². The fourth-order valence-electron chi connectivity index (χ4n) is 3.31. The highest BCUT2D eigenvalue weighted by Gasteiger charge is 2.19. The summed E-state index contributed by atoms with van der Waals surface area (Å²) in [5, 5.41) is 6.00. The molecule has 0 bridgehead atoms. The number of benzene rings is 1. The summed E-state index contributed by atoms with van der Waals surface area (Å²) >= 11 is 0. The van der Waals surface area contributed by atoms with Gasteiger partial charge >= 0.3 is 0 Å². The molecule has 5 heteroatoms. The van der Waals surface area contributed by atoms with Crippen LogP contribution in [0.5, 0.6) is 0 Å². The number of aromatic nitrogens is 1. The molecule has 1 unspecified atom stereocenters. The second-order valence-electron chi connectivity index (χ2n) is 6.84. The summed E-state index contributed by atoms with van der Waals surface area (Å²) in [6.07, 6.45) is 7.08. The van der Waals surface area contributed by atoms with E-state index in [1.807, 2.05) is 37.3 Å². The van der Waals surface area contributed by atoms with E-state index in [4.69, 9.17) is 0 Å². The molecule has 2 N–H and O–H groups in total. The van der Waals surface area contributed by atoms with Gasteiger partial charge in [-0.3, -0.25) is 14.6 Å². The van der Waals surface area contributed by atoms with Gasteiger partial charge < -0.3 is 10.6 Å². The molecule has 26 heavy (non-hydrogen) atoms. The highest BCUT2D eigenvalue weighted by Crippen LogP contribution is 2.18. The van der Waals surface area contributed by atoms with E-state index in [-0.39, 0.29) is 29.6 Å². The van der Waals surface area contributed by atoms with Crippen LogP contribution in [0.4, 0.5) is 0 Å². The van der Waals surface area contributed by atoms with Crippen molar-refractivity contribution in [2.75, 3.05) is 0 Å². The van der Waals surface area contributed by atoms with Crippen LogP contribution in [0.15, 0.2) is 48.7 Å². The van der Waals surface area contributed by atoms with Crippen molar-refractivity contribution < 1.29 is 9.59 Å². The molecular weight excluding hydrogens is 326 g/mol. The molecule has 136 valence electrons. The number of nitrogens with zero attached hydrogens (tertiary/aromatic N) is 1. The summed E-state index contributed by atoms with van der Waals surface area (Å²) in [4.78, 5) is 29.1. The van der Waals surface area contributed by atoms with Gasteiger partial charge in [-0.2, -0.15) is 0 Å². The third-order valence-corrected chi connectivity index (χ3v) is 4.84. The average molecular weight is 351 g/mol. The predicted molar refractivity (Wildman–Crippen MR) is 101 cm³/mol. The first-order chi connectivity index (χ1) is 12.6. The normalized spacial score (nSPS) is 15.9. The van der Waals surface area contributed by atoms with Crippen LogP contribution >= 0.6 is 0 Å². The Morgan fingerprint density at radius 2 is 1.77 bits per heavy atom. The van der Waals surface area contributed by atoms with Gasteiger partial charge in [0.05, 0.1) is 6.04 Å². The highest BCUT2D eigenvalue weighted by atomic mass is 16.2. The molecule has 1 fully saturated rings. The summed E-state index contributed by atoms with van der Waals surface area (Å²) in [5.74, 6) is -0.418. The van der Waals surface area contributed by atoms with Gasteiger partial charge in [-0.25, -0.2) is 0 Å². The number of hydrogen-bond acceptors (Lipinski definition) is 3. The molecule has 1 aliphatic carbocycles. The van der Waals surface area contributed by atoms with Gasteiger partial charge in [0.2, 0.25) is 0 Å². The third kappa shape index (κ3) is 4.69. The molecule has 0 aliphatic heterocycles. The SMILES string of the molecule is CC(NC(=O)c1ccnc(C(=O)NC2CCCCC2)c1)c1ccccc1. The zero-order valence-electron chi connectivity index (χ0n) is 15.1. The molecule has 2 aromatic rings. The molecule has 0 radical (unpaired) electrons. The van der Waals surface area contributed by atoms with Gasteiger partial charge in [0.15, 0.2) is 0 Å². The molecule has 1 saturated carbocycles. The molecule has 3 rings (SSSR count). The zero-order chi connectivity index (χ0) is 18.4. The number of hydrogen-bond donors (Lipinski definition) is 2. The maximum absolute atomic E-state index is 12.5. The van der Waals surface area contributed by atoms with E-state index in [9.17, 15) is 9.59 Å². The summed E-state index contributed by atoms with van der Waals surface area (Å²) < 4.78 is 0. The van der Waals surface area contributed by atoms with Gasteiger partial charge in [-0.15, -0.1) is 0 Å². The van der Waals surface area contributed by atoms with Crippen LogP contribution in [-0.4, -0.2) is 22.8 Å². The Kier molecular flexibility index (Phi) is 6.00. The first-order valence-electron chi connectivity index (χ1n) is 9.26. The largest absolute Gasteiger partial charge is 0.348 e. The quantitative estimate of drug-likeness (QED) is 0.864. The number of carbonyl (C=O) groups is 2. The number of amides is 2. The summed E-state index contributed by atoms with van der Waals surface area (Å²) in [6.45, 7) is 1.94. The van der Waals surface area contributed by atoms with Gasteiger partial charge in [-0.1, -0.05) is 49.6 Å². The van der Waals surface area contributed by atoms with E-state index in [0.29, 0.717) is 5.56 Å². The Bertz CT molecular complexity index is 755. The van der Waals surface area contributed by atoms with Crippen molar-refractivity contribution in [2.24, 2.45) is 0 Å². The minimum absolute atomic E-state index is 0.114. The van der Waals surface area contributed by atoms with Crippen LogP contribution in [0.1, 0.15) is 71.5 Å². The number of pyridine rings is 1. The van der Waals surface area contributed by atoms with Gasteiger partial charge in [0, 0.05) is 17.8 Å². The number of nitrogens with one attached hydrogen (secondary N) is 2. The fraction of sp³-hybridized carbons (Fsp3) is 0.381. The van der Waals surface area contributed by atoms with E-state index >= 15 is 0 Å². The van der Waals surface area contributed by atoms with Crippen molar-refractivity contribution >= 4 is 11.8 Å². The lowest BCUT2D eigenvalue weighted by atomic mass is 9.95. The van der Waals surface area contributed by atoms with Crippen LogP contribution in [0.3, 0.4) is 0 Å². The highest BCUT2D eigenvalue weighted by molar-refractivity contribution is 5.98. The van der Waals surface area contributed by atoms with Gasteiger partial charge in [-0.05, 0) is 37.5 Å². The van der Waals surface area contributed by atoms with Crippen molar-refractivity contribution in [3.05, 3.63) is 65.5 Å². The molecule has 1 aliphatic rings. The minimum Gasteiger partial charge on any atom is -0.348 e. The Hall–Kier alpha value is -2.69. The molecular formula is C21H25N3O2. The lowest BCUT2D eigenvalue weighted by Crippen LogP contribution is -2.36. The minimum atomic E-state index is -0.213. The fourth-order valence-corrected chi connectivity index (χ4v) is 3.31. The van der Waals surface area contributed by atoms with Crippen molar-refractivity contribution in [1.82, 2.24) is 15.6 Å². The second kappa shape index (κ2) is 8.61. The summed E-state index contributed by atoms with van der Waals surface area (Å²) in [5.41, 5.74) is 1.76. The van der Waals surface area contributed by atoms with Crippen LogP contribution in [0.2, 0.25) is 0 Å². The van der Waals surface area contributed by atoms with E-state index in [2.05, 4.69) is 15.6 Å². The van der Waals surface area contributed by atoms with Crippen molar-refractivity contribution in [2.45, 2.75) is 51.1 Å². The van der Waals surface area contributed by atoms with E-state index in [1.165, 1.54) is 12.6 Å². The van der Waals surface area contributed by atoms with Crippen molar-refractivity contribution in [3.63, 3.8) is 0 Å². The number of carbonyl (C=O) groups excluding carboxylic acids is 2. The van der Waals surface area contributed by atoms with Crippen molar-refractivity contribution in [3.8, 4) is 0 Å². The lowest BCUT2D eigenvalue weighted by molar-refractivity contribution is 0.0922. The Balaban J connectivity index is 1.64. The molecule has 2 amide bonds. The third-order valence-electron chi connectivity index (χ3n) is 4.84. The Labute approximate surface area is 154 Å². The monoisotopic (exact) mass is 351 g/mol. The number of rotatable bonds is 5. The van der Waals surface area contributed by atoms with Crippen LogP contribution in [0.25, 0.3) is 0 Å². The topological polar surface area (TPSA) is 71.1 Å². The Morgan fingerprint density at radius 3 is 2.50 bits per heavy atom. The van der Waals surface area contributed by atoms with Crippen LogP contribution < -0.4 is 10.6 Å². The molecule has 0 saturated heterocycles. The van der Waals surface area contributed by atoms with E-state index in [1.54, 1.807) is 12.1 Å². The first kappa shape index (κ1) is 18.1. The average Bonchev–Trinajstić information content (AvgIpc) is 2.69. The Morgan fingerprint density at radius 1 is 1.04 bits per heavy atom. The molecule has 1 aromatic heterocycles. The van der Waals surface area contributed by atoms with Crippen molar-refractivity contribution in [1.29, 1.82) is 0 Å². The van der Waals surface area contributed by atoms with Crippen LogP contribution in [-0.2, 0) is 0 Å². The molecule has 0 spiro atoms. The molecule has 5 nitrogen and oxygen atoms in total. The van der Waals surface area contributed by atoms with Gasteiger partial charge in [0.25, 0.3) is 11.8 Å². The molecule has 1 heterocycles. The summed E-state index contributed by atoms with van der Waals surface area (Å²) in [6, 6.07) is 13.1. The van der Waals surface area contributed by atoms with E-state index in [0.717, 1.165) is 31.2 Å².